The summed E-state index contributed by atoms with van der Waals surface area (Å²) in [5.74, 6) is -1.30. The van der Waals surface area contributed by atoms with Gasteiger partial charge in [-0.3, -0.25) is 9.59 Å². The summed E-state index contributed by atoms with van der Waals surface area (Å²) in [6.07, 6.45) is 4.36. The molecule has 2 fully saturated rings. The summed E-state index contributed by atoms with van der Waals surface area (Å²) >= 11 is 0. The Kier molecular flexibility index (Phi) is 7.49. The molecule has 4 rings (SSSR count). The van der Waals surface area contributed by atoms with E-state index in [2.05, 4.69) is 0 Å². The van der Waals surface area contributed by atoms with Gasteiger partial charge in [-0.25, -0.2) is 0 Å². The number of esters is 2. The van der Waals surface area contributed by atoms with Crippen molar-refractivity contribution in [3.63, 3.8) is 0 Å². The zero-order valence-electron chi connectivity index (χ0n) is 17.8. The summed E-state index contributed by atoms with van der Waals surface area (Å²) in [5, 5.41) is 0. The van der Waals surface area contributed by atoms with Crippen LogP contribution >= 0.6 is 0 Å². The Labute approximate surface area is 183 Å². The van der Waals surface area contributed by atoms with Gasteiger partial charge in [-0.1, -0.05) is 60.7 Å². The van der Waals surface area contributed by atoms with Gasteiger partial charge < -0.3 is 14.2 Å². The van der Waals surface area contributed by atoms with Crippen molar-refractivity contribution in [3.05, 3.63) is 71.8 Å². The second-order valence-electron chi connectivity index (χ2n) is 8.60. The molecule has 2 aromatic rings. The molecule has 2 saturated carbocycles. The first-order valence-electron chi connectivity index (χ1n) is 11.2. The number of carbonyl (C=O) groups excluding carboxylic acids is 2. The van der Waals surface area contributed by atoms with Crippen molar-refractivity contribution in [2.75, 3.05) is 0 Å². The highest BCUT2D eigenvalue weighted by molar-refractivity contribution is 5.88. The molecule has 2 aliphatic rings. The Balaban J connectivity index is 1.16. The predicted octanol–water partition coefficient (Wildman–Crippen LogP) is 4.83. The molecule has 5 nitrogen and oxygen atoms in total. The van der Waals surface area contributed by atoms with Gasteiger partial charge in [-0.05, 0) is 49.7 Å². The van der Waals surface area contributed by atoms with E-state index in [9.17, 15) is 9.59 Å². The smallest absolute Gasteiger partial charge is 0.316 e. The molecule has 0 spiro atoms. The molecule has 4 atom stereocenters. The summed E-state index contributed by atoms with van der Waals surface area (Å²) in [4.78, 5) is 25.0. The molecule has 5 heteroatoms. The van der Waals surface area contributed by atoms with Gasteiger partial charge >= 0.3 is 11.9 Å². The van der Waals surface area contributed by atoms with Crippen LogP contribution in [0.15, 0.2) is 60.7 Å². The number of hydrogen-bond donors (Lipinski definition) is 0. The Morgan fingerprint density at radius 2 is 1.06 bits per heavy atom. The van der Waals surface area contributed by atoms with Crippen molar-refractivity contribution in [3.8, 4) is 0 Å². The second kappa shape index (κ2) is 10.7. The number of carbonyl (C=O) groups is 2. The lowest BCUT2D eigenvalue weighted by atomic mass is 10.1. The van der Waals surface area contributed by atoms with E-state index in [0.29, 0.717) is 38.9 Å². The molecule has 0 amide bonds. The van der Waals surface area contributed by atoms with Gasteiger partial charge in [0.05, 0.1) is 37.3 Å². The van der Waals surface area contributed by atoms with Gasteiger partial charge in [-0.2, -0.15) is 0 Å². The van der Waals surface area contributed by atoms with Gasteiger partial charge in [0.15, 0.2) is 0 Å². The van der Waals surface area contributed by atoms with Gasteiger partial charge in [0.25, 0.3) is 0 Å². The van der Waals surface area contributed by atoms with E-state index in [1.54, 1.807) is 0 Å². The molecule has 0 radical (unpaired) electrons. The first kappa shape index (κ1) is 21.7. The molecule has 0 aliphatic heterocycles. The van der Waals surface area contributed by atoms with Crippen LogP contribution in [0, 0.1) is 11.8 Å². The predicted molar refractivity (Wildman–Crippen MR) is 116 cm³/mol. The van der Waals surface area contributed by atoms with Crippen molar-refractivity contribution in [1.29, 1.82) is 0 Å². The normalized spacial score (nSPS) is 25.4. The van der Waals surface area contributed by atoms with E-state index in [0.717, 1.165) is 24.0 Å². The average Bonchev–Trinajstić information content (AvgIpc) is 3.48. The van der Waals surface area contributed by atoms with Crippen molar-refractivity contribution in [2.45, 2.75) is 63.9 Å². The van der Waals surface area contributed by atoms with Crippen molar-refractivity contribution in [1.82, 2.24) is 0 Å². The molecule has 2 aliphatic carbocycles. The topological polar surface area (TPSA) is 61.8 Å². The fourth-order valence-electron chi connectivity index (χ4n) is 4.45. The molecule has 2 aromatic carbocycles. The van der Waals surface area contributed by atoms with E-state index in [-0.39, 0.29) is 24.0 Å². The lowest BCUT2D eigenvalue weighted by Gasteiger charge is -2.14. The number of benzene rings is 2. The fraction of sp³-hybridized carbons (Fsp3) is 0.462. The molecule has 0 saturated heterocycles. The van der Waals surface area contributed by atoms with Gasteiger partial charge in [0, 0.05) is 0 Å². The maximum atomic E-state index is 12.5. The van der Waals surface area contributed by atoms with Crippen LogP contribution in [-0.2, 0) is 37.0 Å². The second-order valence-corrected chi connectivity index (χ2v) is 8.60. The monoisotopic (exact) mass is 422 g/mol. The van der Waals surface area contributed by atoms with Crippen LogP contribution in [0.25, 0.3) is 0 Å². The summed E-state index contributed by atoms with van der Waals surface area (Å²) in [6.45, 7) is 1.08. The third-order valence-corrected chi connectivity index (χ3v) is 6.29. The molecule has 0 aromatic heterocycles. The van der Waals surface area contributed by atoms with E-state index in [1.807, 2.05) is 60.7 Å². The molecule has 0 heterocycles. The van der Waals surface area contributed by atoms with Crippen LogP contribution in [0.4, 0.5) is 0 Å². The Morgan fingerprint density at radius 3 is 1.48 bits per heavy atom. The Morgan fingerprint density at radius 1 is 0.645 bits per heavy atom. The first-order chi connectivity index (χ1) is 15.2. The molecular weight excluding hydrogens is 392 g/mol. The van der Waals surface area contributed by atoms with E-state index in [4.69, 9.17) is 14.2 Å². The van der Waals surface area contributed by atoms with Crippen molar-refractivity contribution in [2.24, 2.45) is 11.8 Å². The zero-order chi connectivity index (χ0) is 21.5. The van der Waals surface area contributed by atoms with Crippen LogP contribution in [0.5, 0.6) is 0 Å². The van der Waals surface area contributed by atoms with Crippen LogP contribution in [0.1, 0.15) is 49.7 Å². The third-order valence-electron chi connectivity index (χ3n) is 6.29. The molecule has 0 N–H and O–H groups in total. The van der Waals surface area contributed by atoms with E-state index >= 15 is 0 Å². The van der Waals surface area contributed by atoms with Crippen LogP contribution < -0.4 is 0 Å². The minimum Gasteiger partial charge on any atom is -0.393 e. The maximum Gasteiger partial charge on any atom is 0.316 e. The van der Waals surface area contributed by atoms with Crippen molar-refractivity contribution < 1.29 is 23.8 Å². The van der Waals surface area contributed by atoms with Gasteiger partial charge in [0.2, 0.25) is 0 Å². The SMILES string of the molecule is O=C(OC(=O)C1CCC(OCc2ccccc2)C1)C1CCC(OCc2ccccc2)C1. The zero-order valence-corrected chi connectivity index (χ0v) is 17.8. The quantitative estimate of drug-likeness (QED) is 0.451. The number of rotatable bonds is 8. The van der Waals surface area contributed by atoms with Crippen LogP contribution in [0.2, 0.25) is 0 Å². The molecule has 4 unspecified atom stereocenters. The highest BCUT2D eigenvalue weighted by Crippen LogP contribution is 2.32. The standard InChI is InChI=1S/C26H30O5/c27-25(21-11-13-23(15-21)29-17-19-7-3-1-4-8-19)31-26(28)22-12-14-24(16-22)30-18-20-9-5-2-6-10-20/h1-10,21-24H,11-18H2. The largest absolute Gasteiger partial charge is 0.393 e. The molecule has 164 valence electrons. The third kappa shape index (κ3) is 6.25. The lowest BCUT2D eigenvalue weighted by molar-refractivity contribution is -0.165. The van der Waals surface area contributed by atoms with Gasteiger partial charge in [-0.15, -0.1) is 0 Å². The minimum absolute atomic E-state index is 0.0371. The fourth-order valence-corrected chi connectivity index (χ4v) is 4.45. The number of ether oxygens (including phenoxy) is 3. The van der Waals surface area contributed by atoms with Gasteiger partial charge in [0.1, 0.15) is 0 Å². The van der Waals surface area contributed by atoms with Crippen LogP contribution in [-0.4, -0.2) is 24.1 Å². The summed E-state index contributed by atoms with van der Waals surface area (Å²) < 4.78 is 17.1. The van der Waals surface area contributed by atoms with E-state index in [1.165, 1.54) is 0 Å². The number of hydrogen-bond acceptors (Lipinski definition) is 5. The molecule has 0 bridgehead atoms. The Bertz CT molecular complexity index is 779. The van der Waals surface area contributed by atoms with Crippen molar-refractivity contribution >= 4 is 11.9 Å². The minimum atomic E-state index is -0.399. The molecular formula is C26H30O5. The summed E-state index contributed by atoms with van der Waals surface area (Å²) in [6, 6.07) is 20.0. The highest BCUT2D eigenvalue weighted by atomic mass is 16.6. The van der Waals surface area contributed by atoms with E-state index < -0.39 is 11.9 Å². The summed E-state index contributed by atoms with van der Waals surface area (Å²) in [7, 11) is 0. The highest BCUT2D eigenvalue weighted by Gasteiger charge is 2.36. The first-order valence-corrected chi connectivity index (χ1v) is 11.2. The maximum absolute atomic E-state index is 12.5. The average molecular weight is 423 g/mol. The van der Waals surface area contributed by atoms with Crippen LogP contribution in [0.3, 0.4) is 0 Å². The lowest BCUT2D eigenvalue weighted by Crippen LogP contribution is -2.25. The summed E-state index contributed by atoms with van der Waals surface area (Å²) in [5.41, 5.74) is 2.24. The molecule has 31 heavy (non-hydrogen) atoms. The Hall–Kier alpha value is -2.50.